The fourth-order valence-corrected chi connectivity index (χ4v) is 3.56. The summed E-state index contributed by atoms with van der Waals surface area (Å²) in [4.78, 5) is 13.5. The Morgan fingerprint density at radius 1 is 0.967 bits per heavy atom. The quantitative estimate of drug-likeness (QED) is 0.233. The molecule has 2 N–H and O–H groups in total. The van der Waals surface area contributed by atoms with Crippen LogP contribution in [0.4, 0.5) is 0 Å². The molecule has 2 heterocycles. The highest BCUT2D eigenvalue weighted by atomic mass is 127. The lowest BCUT2D eigenvalue weighted by Crippen LogP contribution is -2.49. The van der Waals surface area contributed by atoms with Gasteiger partial charge in [0.1, 0.15) is 5.15 Å². The summed E-state index contributed by atoms with van der Waals surface area (Å²) in [6.07, 6.45) is 2.70. The van der Waals surface area contributed by atoms with Gasteiger partial charge in [0.05, 0.1) is 0 Å². The number of rotatable bonds is 8. The first kappa shape index (κ1) is 24.8. The van der Waals surface area contributed by atoms with E-state index in [1.807, 2.05) is 25.4 Å². The molecule has 2 aromatic rings. The zero-order valence-electron chi connectivity index (χ0n) is 17.6. The van der Waals surface area contributed by atoms with E-state index in [-0.39, 0.29) is 24.0 Å². The number of hydrogen-bond acceptors (Lipinski definition) is 4. The monoisotopic (exact) mass is 542 g/mol. The molecule has 0 aliphatic carbocycles. The van der Waals surface area contributed by atoms with Crippen LogP contribution in [0, 0.1) is 0 Å². The Balaban J connectivity index is 0.00000320. The molecule has 1 saturated heterocycles. The van der Waals surface area contributed by atoms with Crippen LogP contribution in [-0.2, 0) is 13.0 Å². The van der Waals surface area contributed by atoms with Gasteiger partial charge < -0.3 is 10.6 Å². The molecule has 0 amide bonds. The summed E-state index contributed by atoms with van der Waals surface area (Å²) in [5.41, 5.74) is 2.55. The van der Waals surface area contributed by atoms with E-state index in [9.17, 15) is 0 Å². The van der Waals surface area contributed by atoms with Crippen LogP contribution in [-0.4, -0.2) is 73.6 Å². The van der Waals surface area contributed by atoms with Gasteiger partial charge in [-0.05, 0) is 23.6 Å². The number of piperazine rings is 1. The van der Waals surface area contributed by atoms with E-state index in [4.69, 9.17) is 11.6 Å². The van der Waals surface area contributed by atoms with Crippen molar-refractivity contribution in [1.29, 1.82) is 0 Å². The summed E-state index contributed by atoms with van der Waals surface area (Å²) in [5.74, 6) is 0.842. The van der Waals surface area contributed by atoms with Crippen LogP contribution in [0.15, 0.2) is 53.7 Å². The number of hydrogen-bond donors (Lipinski definition) is 2. The number of nitrogens with one attached hydrogen (secondary N) is 2. The highest BCUT2D eigenvalue weighted by Crippen LogP contribution is 2.08. The van der Waals surface area contributed by atoms with Gasteiger partial charge in [-0.15, -0.1) is 24.0 Å². The van der Waals surface area contributed by atoms with Gasteiger partial charge in [-0.1, -0.05) is 48.0 Å². The van der Waals surface area contributed by atoms with Gasteiger partial charge in [-0.25, -0.2) is 4.98 Å². The molecular weight excluding hydrogens is 511 g/mol. The van der Waals surface area contributed by atoms with E-state index < -0.39 is 0 Å². The van der Waals surface area contributed by atoms with Crippen molar-refractivity contribution in [2.24, 2.45) is 4.99 Å². The van der Waals surface area contributed by atoms with E-state index in [2.05, 4.69) is 60.7 Å². The average Bonchev–Trinajstić information content (AvgIpc) is 2.76. The zero-order valence-corrected chi connectivity index (χ0v) is 20.6. The van der Waals surface area contributed by atoms with Crippen molar-refractivity contribution in [3.8, 4) is 0 Å². The van der Waals surface area contributed by atoms with Crippen molar-refractivity contribution >= 4 is 41.5 Å². The van der Waals surface area contributed by atoms with Crippen molar-refractivity contribution in [1.82, 2.24) is 25.4 Å². The molecule has 3 rings (SSSR count). The summed E-state index contributed by atoms with van der Waals surface area (Å²) >= 11 is 5.82. The van der Waals surface area contributed by atoms with Crippen molar-refractivity contribution in [3.63, 3.8) is 0 Å². The second-order valence-electron chi connectivity index (χ2n) is 7.27. The SMILES string of the molecule is CN=C(NCCc1ccc(Cl)nc1)NCCN1CCN(Cc2ccccc2)CC1.I. The number of pyridine rings is 1. The van der Waals surface area contributed by atoms with Crippen molar-refractivity contribution < 1.29 is 0 Å². The molecule has 8 heteroatoms. The van der Waals surface area contributed by atoms with Crippen LogP contribution in [0.5, 0.6) is 0 Å². The van der Waals surface area contributed by atoms with Crippen LogP contribution in [0.25, 0.3) is 0 Å². The third kappa shape index (κ3) is 8.75. The zero-order chi connectivity index (χ0) is 20.3. The fraction of sp³-hybridized carbons (Fsp3) is 0.455. The lowest BCUT2D eigenvalue weighted by Gasteiger charge is -2.34. The minimum absolute atomic E-state index is 0. The predicted octanol–water partition coefficient (Wildman–Crippen LogP) is 2.88. The van der Waals surface area contributed by atoms with E-state index in [1.54, 1.807) is 0 Å². The van der Waals surface area contributed by atoms with Gasteiger partial charge in [-0.2, -0.15) is 0 Å². The summed E-state index contributed by atoms with van der Waals surface area (Å²) in [6.45, 7) is 8.25. The number of aromatic nitrogens is 1. The third-order valence-electron chi connectivity index (χ3n) is 5.15. The molecule has 1 fully saturated rings. The Hall–Kier alpha value is -1.42. The van der Waals surface area contributed by atoms with Gasteiger partial charge in [-0.3, -0.25) is 14.8 Å². The normalized spacial score (nSPS) is 15.5. The van der Waals surface area contributed by atoms with Crippen LogP contribution >= 0.6 is 35.6 Å². The van der Waals surface area contributed by atoms with Crippen LogP contribution in [0.2, 0.25) is 5.15 Å². The van der Waals surface area contributed by atoms with Crippen molar-refractivity contribution in [2.45, 2.75) is 13.0 Å². The second kappa shape index (κ2) is 13.8. The molecule has 0 radical (unpaired) electrons. The molecule has 0 bridgehead atoms. The predicted molar refractivity (Wildman–Crippen MR) is 136 cm³/mol. The Bertz CT molecular complexity index is 748. The standard InChI is InChI=1S/C22H31ClN6.HI/c1-24-22(25-10-9-19-7-8-21(23)27-17-19)26-11-12-28-13-15-29(16-14-28)18-20-5-3-2-4-6-20;/h2-8,17H,9-16,18H2,1H3,(H2,24,25,26);1H. The lowest BCUT2D eigenvalue weighted by atomic mass is 10.2. The maximum atomic E-state index is 5.82. The van der Waals surface area contributed by atoms with E-state index in [0.29, 0.717) is 5.15 Å². The van der Waals surface area contributed by atoms with Gasteiger partial charge >= 0.3 is 0 Å². The summed E-state index contributed by atoms with van der Waals surface area (Å²) < 4.78 is 0. The molecular formula is C22H32ClIN6. The van der Waals surface area contributed by atoms with Gasteiger partial charge in [0.2, 0.25) is 0 Å². The Morgan fingerprint density at radius 3 is 2.33 bits per heavy atom. The van der Waals surface area contributed by atoms with Crippen LogP contribution in [0.3, 0.4) is 0 Å². The first-order valence-electron chi connectivity index (χ1n) is 10.3. The van der Waals surface area contributed by atoms with E-state index in [0.717, 1.165) is 70.3 Å². The smallest absolute Gasteiger partial charge is 0.191 e. The second-order valence-corrected chi connectivity index (χ2v) is 7.66. The molecule has 1 aliphatic rings. The number of benzene rings is 1. The molecule has 1 aromatic carbocycles. The van der Waals surface area contributed by atoms with E-state index >= 15 is 0 Å². The number of nitrogens with zero attached hydrogens (tertiary/aromatic N) is 4. The Morgan fingerprint density at radius 2 is 1.67 bits per heavy atom. The Kier molecular flexibility index (Phi) is 11.4. The topological polar surface area (TPSA) is 55.8 Å². The first-order valence-corrected chi connectivity index (χ1v) is 10.6. The van der Waals surface area contributed by atoms with E-state index in [1.165, 1.54) is 5.56 Å². The van der Waals surface area contributed by atoms with Crippen molar-refractivity contribution in [3.05, 3.63) is 64.9 Å². The molecule has 1 aromatic heterocycles. The number of guanidine groups is 1. The lowest BCUT2D eigenvalue weighted by molar-refractivity contribution is 0.129. The molecule has 6 nitrogen and oxygen atoms in total. The largest absolute Gasteiger partial charge is 0.356 e. The van der Waals surface area contributed by atoms with Crippen molar-refractivity contribution in [2.75, 3.05) is 52.9 Å². The first-order chi connectivity index (χ1) is 14.2. The fourth-order valence-electron chi connectivity index (χ4n) is 3.45. The van der Waals surface area contributed by atoms with Crippen LogP contribution in [0.1, 0.15) is 11.1 Å². The molecule has 164 valence electrons. The maximum Gasteiger partial charge on any atom is 0.191 e. The minimum Gasteiger partial charge on any atom is -0.356 e. The minimum atomic E-state index is 0. The molecule has 0 spiro atoms. The molecule has 30 heavy (non-hydrogen) atoms. The summed E-state index contributed by atoms with van der Waals surface area (Å²) in [7, 11) is 1.81. The van der Waals surface area contributed by atoms with Gasteiger partial charge in [0.25, 0.3) is 0 Å². The molecule has 0 saturated carbocycles. The number of halogens is 2. The summed E-state index contributed by atoms with van der Waals surface area (Å²) in [6, 6.07) is 14.5. The highest BCUT2D eigenvalue weighted by molar-refractivity contribution is 14.0. The molecule has 1 aliphatic heterocycles. The van der Waals surface area contributed by atoms with Crippen LogP contribution < -0.4 is 10.6 Å². The van der Waals surface area contributed by atoms with Gasteiger partial charge in [0, 0.05) is 65.6 Å². The Labute approximate surface area is 202 Å². The maximum absolute atomic E-state index is 5.82. The third-order valence-corrected chi connectivity index (χ3v) is 5.38. The number of aliphatic imine (C=N–C) groups is 1. The molecule has 0 unspecified atom stereocenters. The van der Waals surface area contributed by atoms with Gasteiger partial charge in [0.15, 0.2) is 5.96 Å². The highest BCUT2D eigenvalue weighted by Gasteiger charge is 2.16. The summed E-state index contributed by atoms with van der Waals surface area (Å²) in [5, 5.41) is 7.29. The molecule has 0 atom stereocenters. The average molecular weight is 543 g/mol.